The third-order valence-electron chi connectivity index (χ3n) is 12.7. The molecular formula is C40H62N6O7S2. The first kappa shape index (κ1) is 42.8. The Hall–Kier alpha value is -3.30. The van der Waals surface area contributed by atoms with Gasteiger partial charge in [0.25, 0.3) is 15.9 Å². The first-order valence-corrected chi connectivity index (χ1v) is 22.6. The van der Waals surface area contributed by atoms with Crippen LogP contribution >= 0.6 is 11.3 Å². The summed E-state index contributed by atoms with van der Waals surface area (Å²) in [5.41, 5.74) is -0.198. The lowest BCUT2D eigenvalue weighted by molar-refractivity contribution is -0.144. The normalized spacial score (nSPS) is 24.2. The number of likely N-dealkylation sites (N-methyl/N-ethyl adjacent to an activating group) is 1. The van der Waals surface area contributed by atoms with E-state index < -0.39 is 57.8 Å². The number of nitrogens with zero attached hydrogens (tertiary/aromatic N) is 2. The number of hydrogen-bond acceptors (Lipinski definition) is 8. The van der Waals surface area contributed by atoms with E-state index in [1.165, 1.54) is 17.4 Å². The highest BCUT2D eigenvalue weighted by molar-refractivity contribution is 7.91. The molecule has 2 heterocycles. The number of rotatable bonds is 18. The van der Waals surface area contributed by atoms with Crippen molar-refractivity contribution in [3.8, 4) is 0 Å². The fraction of sp³-hybridized carbons (Fsp3) is 0.725. The number of urea groups is 1. The zero-order valence-electron chi connectivity index (χ0n) is 33.0. The van der Waals surface area contributed by atoms with Crippen molar-refractivity contribution in [3.05, 3.63) is 30.2 Å². The van der Waals surface area contributed by atoms with Gasteiger partial charge in [-0.2, -0.15) is 4.31 Å². The Bertz CT molecular complexity index is 1640. The zero-order chi connectivity index (χ0) is 39.9. The number of unbranched alkanes of at least 4 members (excludes halogenated alkanes) is 1. The number of sulfonamides is 1. The zero-order valence-corrected chi connectivity index (χ0v) is 34.7. The SMILES string of the molecule is C=CCNC(=O)C(=O)C(CCCC)NC(=O)[C@@H]1[C@@H]2[C@H](CN1C(=O)[C@@H](NC(=O)N[C@H](CN(C)S(=O)(=O)c1cccs1)C1CCCCC1)C1CCCCC1)C2(C)C. The second-order valence-electron chi connectivity index (χ2n) is 16.7. The standard InChI is InChI=1S/C40H62N6O7S2/c1-6-8-20-29(35(47)37(49)41-22-7-2)42-36(48)34-32-28(40(32,3)4)24-46(34)38(50)33(27-18-13-10-14-19-27)44-39(51)43-30(26-16-11-9-12-17-26)25-45(5)55(52,53)31-21-15-23-54-31/h7,15,21,23,26-30,32-34H,2,6,8-14,16-20,22,24-25H2,1,3-5H3,(H,41,49)(H,42,48)(H2,43,44,51)/t28-,29?,30+,32-,33-,34-/m0/s1. The first-order chi connectivity index (χ1) is 26.2. The third-order valence-corrected chi connectivity index (χ3v) is 15.9. The van der Waals surface area contributed by atoms with Gasteiger partial charge in [-0.05, 0) is 72.6 Å². The van der Waals surface area contributed by atoms with Crippen LogP contribution in [0.25, 0.3) is 0 Å². The molecule has 5 rings (SSSR count). The molecule has 5 amide bonds. The maximum Gasteiger partial charge on any atom is 0.315 e. The molecule has 4 fully saturated rings. The van der Waals surface area contributed by atoms with E-state index >= 15 is 0 Å². The van der Waals surface area contributed by atoms with Crippen LogP contribution < -0.4 is 21.3 Å². The topological polar surface area (TPSA) is 174 Å². The summed E-state index contributed by atoms with van der Waals surface area (Å²) in [7, 11) is -2.21. The number of ketones is 1. The number of carbonyl (C=O) groups is 5. The number of piperidine rings is 1. The van der Waals surface area contributed by atoms with Gasteiger partial charge in [-0.25, -0.2) is 13.2 Å². The number of hydrogen-bond donors (Lipinski definition) is 4. The average molecular weight is 803 g/mol. The monoisotopic (exact) mass is 802 g/mol. The van der Waals surface area contributed by atoms with Crippen LogP contribution in [0.5, 0.6) is 0 Å². The summed E-state index contributed by atoms with van der Waals surface area (Å²) in [5, 5.41) is 13.3. The van der Waals surface area contributed by atoms with E-state index in [4.69, 9.17) is 0 Å². The van der Waals surface area contributed by atoms with Crippen molar-refractivity contribution in [2.24, 2.45) is 29.1 Å². The Morgan fingerprint density at radius 3 is 2.25 bits per heavy atom. The molecule has 3 aliphatic carbocycles. The van der Waals surface area contributed by atoms with Crippen LogP contribution in [0.1, 0.15) is 104 Å². The van der Waals surface area contributed by atoms with Crippen molar-refractivity contribution in [3.63, 3.8) is 0 Å². The predicted molar refractivity (Wildman–Crippen MR) is 212 cm³/mol. The minimum absolute atomic E-state index is 0.0743. The van der Waals surface area contributed by atoms with Crippen LogP contribution in [-0.2, 0) is 29.2 Å². The van der Waals surface area contributed by atoms with Crippen LogP contribution in [0, 0.1) is 29.1 Å². The van der Waals surface area contributed by atoms with Crippen molar-refractivity contribution in [1.29, 1.82) is 0 Å². The molecule has 1 aromatic heterocycles. The van der Waals surface area contributed by atoms with Crippen LogP contribution in [0.3, 0.4) is 0 Å². The minimum Gasteiger partial charge on any atom is -0.346 e. The van der Waals surface area contributed by atoms with Gasteiger partial charge in [0, 0.05) is 32.7 Å². The summed E-state index contributed by atoms with van der Waals surface area (Å²) in [6.45, 7) is 10.3. The van der Waals surface area contributed by atoms with Gasteiger partial charge in [-0.3, -0.25) is 19.2 Å². The molecule has 0 spiro atoms. The predicted octanol–water partition coefficient (Wildman–Crippen LogP) is 4.59. The number of carbonyl (C=O) groups excluding carboxylic acids is 5. The highest BCUT2D eigenvalue weighted by Gasteiger charge is 2.69. The summed E-state index contributed by atoms with van der Waals surface area (Å²) in [6.07, 6.45) is 12.4. The molecule has 6 atom stereocenters. The van der Waals surface area contributed by atoms with Crippen molar-refractivity contribution in [1.82, 2.24) is 30.5 Å². The van der Waals surface area contributed by atoms with Crippen molar-refractivity contribution in [2.45, 2.75) is 133 Å². The Morgan fingerprint density at radius 1 is 1.00 bits per heavy atom. The number of amides is 5. The fourth-order valence-electron chi connectivity index (χ4n) is 9.32. The third kappa shape index (κ3) is 9.99. The minimum atomic E-state index is -3.75. The first-order valence-electron chi connectivity index (χ1n) is 20.3. The van der Waals surface area contributed by atoms with E-state index in [-0.39, 0.29) is 52.3 Å². The molecule has 13 nitrogen and oxygen atoms in total. The van der Waals surface area contributed by atoms with Gasteiger partial charge in [0.2, 0.25) is 17.6 Å². The van der Waals surface area contributed by atoms with E-state index in [9.17, 15) is 32.4 Å². The summed E-state index contributed by atoms with van der Waals surface area (Å²) < 4.78 is 28.3. The number of fused-ring (bicyclic) bond motifs is 1. The van der Waals surface area contributed by atoms with Crippen molar-refractivity contribution < 1.29 is 32.4 Å². The molecule has 0 bridgehead atoms. The molecule has 0 radical (unpaired) electrons. The largest absolute Gasteiger partial charge is 0.346 e. The molecule has 1 saturated heterocycles. The Kier molecular flexibility index (Phi) is 14.6. The lowest BCUT2D eigenvalue weighted by Gasteiger charge is -2.38. The molecule has 1 aromatic rings. The van der Waals surface area contributed by atoms with E-state index in [2.05, 4.69) is 41.7 Å². The van der Waals surface area contributed by atoms with Gasteiger partial charge in [-0.15, -0.1) is 17.9 Å². The summed E-state index contributed by atoms with van der Waals surface area (Å²) in [4.78, 5) is 70.6. The fourth-order valence-corrected chi connectivity index (χ4v) is 11.7. The van der Waals surface area contributed by atoms with Gasteiger partial charge >= 0.3 is 6.03 Å². The van der Waals surface area contributed by atoms with Crippen LogP contribution in [0.15, 0.2) is 34.4 Å². The number of thiophene rings is 1. The molecule has 4 N–H and O–H groups in total. The molecule has 3 saturated carbocycles. The quantitative estimate of drug-likeness (QED) is 0.124. The van der Waals surface area contributed by atoms with Gasteiger partial charge in [0.1, 0.15) is 16.3 Å². The van der Waals surface area contributed by atoms with Crippen LogP contribution in [-0.4, -0.2) is 98.0 Å². The van der Waals surface area contributed by atoms with Crippen molar-refractivity contribution >= 4 is 50.9 Å². The molecule has 306 valence electrons. The van der Waals surface area contributed by atoms with Gasteiger partial charge in [0.15, 0.2) is 0 Å². The van der Waals surface area contributed by atoms with Crippen molar-refractivity contribution in [2.75, 3.05) is 26.7 Å². The second-order valence-corrected chi connectivity index (χ2v) is 19.9. The highest BCUT2D eigenvalue weighted by atomic mass is 32.2. The second kappa shape index (κ2) is 18.8. The van der Waals surface area contributed by atoms with E-state index in [1.54, 1.807) is 22.4 Å². The summed E-state index contributed by atoms with van der Waals surface area (Å²) in [5.74, 6) is -2.43. The molecule has 0 aromatic carbocycles. The molecule has 1 unspecified atom stereocenters. The van der Waals surface area contributed by atoms with Gasteiger partial charge in [0.05, 0.1) is 6.04 Å². The highest BCUT2D eigenvalue weighted by Crippen LogP contribution is 2.65. The Morgan fingerprint density at radius 2 is 1.65 bits per heavy atom. The number of nitrogens with one attached hydrogen (secondary N) is 4. The number of Topliss-reactive ketones (excluding diaryl/α,β-unsaturated/α-hetero) is 1. The molecule has 1 aliphatic heterocycles. The Balaban J connectivity index is 1.36. The number of likely N-dealkylation sites (tertiary alicyclic amines) is 1. The lowest BCUT2D eigenvalue weighted by Crippen LogP contribution is -2.61. The molecule has 15 heteroatoms. The smallest absolute Gasteiger partial charge is 0.315 e. The van der Waals surface area contributed by atoms with Crippen LogP contribution in [0.2, 0.25) is 0 Å². The molecule has 55 heavy (non-hydrogen) atoms. The summed E-state index contributed by atoms with van der Waals surface area (Å²) in [6, 6.07) is -0.503. The lowest BCUT2D eigenvalue weighted by atomic mass is 9.82. The average Bonchev–Trinajstić information content (AvgIpc) is 3.63. The molecule has 4 aliphatic rings. The van der Waals surface area contributed by atoms with Crippen LogP contribution in [0.4, 0.5) is 4.79 Å². The van der Waals surface area contributed by atoms with Gasteiger partial charge < -0.3 is 26.2 Å². The van der Waals surface area contributed by atoms with E-state index in [1.807, 2.05) is 6.92 Å². The van der Waals surface area contributed by atoms with Gasteiger partial charge in [-0.1, -0.05) is 84.3 Å². The maximum absolute atomic E-state index is 14.8. The Labute approximate surface area is 331 Å². The van der Waals surface area contributed by atoms with E-state index in [0.29, 0.717) is 19.4 Å². The summed E-state index contributed by atoms with van der Waals surface area (Å²) >= 11 is 1.15. The maximum atomic E-state index is 14.8. The van der Waals surface area contributed by atoms with E-state index in [0.717, 1.165) is 82.0 Å². The molecular weight excluding hydrogens is 741 g/mol.